The lowest BCUT2D eigenvalue weighted by Crippen LogP contribution is -2.06. The Morgan fingerprint density at radius 3 is 2.88 bits per heavy atom. The van der Waals surface area contributed by atoms with Crippen LogP contribution in [-0.4, -0.2) is 20.0 Å². The number of unbranched alkanes of at least 4 members (excludes halogenated alkanes) is 1. The van der Waals surface area contributed by atoms with Gasteiger partial charge >= 0.3 is 0 Å². The molecule has 2 aromatic rings. The summed E-state index contributed by atoms with van der Waals surface area (Å²) in [6.45, 7) is 4.58. The molecule has 0 aliphatic rings. The fourth-order valence-electron chi connectivity index (χ4n) is 1.68. The fraction of sp³-hybridized carbons (Fsp3) is 0.545. The van der Waals surface area contributed by atoms with Crippen molar-refractivity contribution in [2.24, 2.45) is 5.73 Å². The van der Waals surface area contributed by atoms with Gasteiger partial charge in [-0.15, -0.1) is 16.4 Å². The second-order valence-corrected chi connectivity index (χ2v) is 4.81. The molecule has 0 radical (unpaired) electrons. The molecule has 0 unspecified atom stereocenters. The van der Waals surface area contributed by atoms with Crippen molar-refractivity contribution >= 4 is 11.3 Å². The maximum absolute atomic E-state index is 5.69. The van der Waals surface area contributed by atoms with Crippen molar-refractivity contribution in [1.82, 2.24) is 20.0 Å². The number of nitrogens with zero attached hydrogens (tertiary/aromatic N) is 4. The summed E-state index contributed by atoms with van der Waals surface area (Å²) in [5, 5.41) is 11.2. The molecule has 0 bridgehead atoms. The lowest BCUT2D eigenvalue weighted by molar-refractivity contribution is 0.710. The molecule has 6 heteroatoms. The van der Waals surface area contributed by atoms with Gasteiger partial charge < -0.3 is 5.73 Å². The van der Waals surface area contributed by atoms with E-state index >= 15 is 0 Å². The molecule has 17 heavy (non-hydrogen) atoms. The SMILES string of the molecule is CCCCc1c(CN)nnn1-c1nc(C)cs1. The zero-order valence-electron chi connectivity index (χ0n) is 10.2. The molecule has 0 amide bonds. The average molecular weight is 251 g/mol. The Hall–Kier alpha value is -1.27. The minimum Gasteiger partial charge on any atom is -0.325 e. The van der Waals surface area contributed by atoms with Crippen molar-refractivity contribution in [2.45, 2.75) is 39.7 Å². The molecule has 0 fully saturated rings. The van der Waals surface area contributed by atoms with Crippen molar-refractivity contribution in [2.75, 3.05) is 0 Å². The summed E-state index contributed by atoms with van der Waals surface area (Å²) in [6.07, 6.45) is 3.21. The topological polar surface area (TPSA) is 69.6 Å². The zero-order valence-corrected chi connectivity index (χ0v) is 11.0. The van der Waals surface area contributed by atoms with Crippen LogP contribution in [-0.2, 0) is 13.0 Å². The van der Waals surface area contributed by atoms with Crippen LogP contribution in [0.2, 0.25) is 0 Å². The summed E-state index contributed by atoms with van der Waals surface area (Å²) in [6, 6.07) is 0. The van der Waals surface area contributed by atoms with E-state index in [4.69, 9.17) is 5.73 Å². The molecule has 2 heterocycles. The highest BCUT2D eigenvalue weighted by Crippen LogP contribution is 2.18. The van der Waals surface area contributed by atoms with Crippen molar-refractivity contribution in [3.05, 3.63) is 22.5 Å². The number of rotatable bonds is 5. The highest BCUT2D eigenvalue weighted by molar-refractivity contribution is 7.12. The van der Waals surface area contributed by atoms with Gasteiger partial charge in [-0.05, 0) is 19.8 Å². The second kappa shape index (κ2) is 5.37. The predicted molar refractivity (Wildman–Crippen MR) is 68.3 cm³/mol. The fourth-order valence-corrected chi connectivity index (χ4v) is 2.45. The van der Waals surface area contributed by atoms with Crippen LogP contribution < -0.4 is 5.73 Å². The third kappa shape index (κ3) is 2.53. The van der Waals surface area contributed by atoms with E-state index in [0.717, 1.165) is 41.5 Å². The Labute approximate surface area is 105 Å². The van der Waals surface area contributed by atoms with Crippen molar-refractivity contribution in [3.63, 3.8) is 0 Å². The van der Waals surface area contributed by atoms with Gasteiger partial charge in [0.2, 0.25) is 5.13 Å². The largest absolute Gasteiger partial charge is 0.325 e. The van der Waals surface area contributed by atoms with Gasteiger partial charge in [0, 0.05) is 11.9 Å². The maximum Gasteiger partial charge on any atom is 0.212 e. The Morgan fingerprint density at radius 2 is 2.29 bits per heavy atom. The smallest absolute Gasteiger partial charge is 0.212 e. The first-order chi connectivity index (χ1) is 8.26. The number of aromatic nitrogens is 4. The van der Waals surface area contributed by atoms with Crippen LogP contribution in [0, 0.1) is 6.92 Å². The van der Waals surface area contributed by atoms with E-state index in [0.29, 0.717) is 6.54 Å². The molecule has 5 nitrogen and oxygen atoms in total. The van der Waals surface area contributed by atoms with Crippen LogP contribution in [0.4, 0.5) is 0 Å². The molecule has 0 spiro atoms. The quantitative estimate of drug-likeness (QED) is 0.880. The van der Waals surface area contributed by atoms with Crippen molar-refractivity contribution in [3.8, 4) is 5.13 Å². The number of nitrogens with two attached hydrogens (primary N) is 1. The number of hydrogen-bond acceptors (Lipinski definition) is 5. The monoisotopic (exact) mass is 251 g/mol. The van der Waals surface area contributed by atoms with Gasteiger partial charge in [-0.1, -0.05) is 18.6 Å². The standard InChI is InChI=1S/C11H17N5S/c1-3-4-5-10-9(6-12)14-15-16(10)11-13-8(2)7-17-11/h7H,3-6,12H2,1-2H3. The lowest BCUT2D eigenvalue weighted by Gasteiger charge is -2.03. The van der Waals surface area contributed by atoms with Gasteiger partial charge in [-0.25, -0.2) is 4.98 Å². The Balaban J connectivity index is 2.36. The summed E-state index contributed by atoms with van der Waals surface area (Å²) < 4.78 is 1.83. The third-order valence-electron chi connectivity index (χ3n) is 2.59. The summed E-state index contributed by atoms with van der Waals surface area (Å²) in [5.74, 6) is 0. The van der Waals surface area contributed by atoms with Gasteiger partial charge in [-0.2, -0.15) is 4.68 Å². The molecule has 0 saturated carbocycles. The van der Waals surface area contributed by atoms with Crippen LogP contribution in [0.3, 0.4) is 0 Å². The van der Waals surface area contributed by atoms with E-state index in [1.807, 2.05) is 17.0 Å². The molecule has 2 aromatic heterocycles. The van der Waals surface area contributed by atoms with E-state index in [1.165, 1.54) is 0 Å². The molecule has 92 valence electrons. The first-order valence-electron chi connectivity index (χ1n) is 5.82. The van der Waals surface area contributed by atoms with E-state index in [-0.39, 0.29) is 0 Å². The number of hydrogen-bond donors (Lipinski definition) is 1. The van der Waals surface area contributed by atoms with E-state index in [9.17, 15) is 0 Å². The number of aryl methyl sites for hydroxylation is 1. The zero-order chi connectivity index (χ0) is 12.3. The minimum atomic E-state index is 0.434. The summed E-state index contributed by atoms with van der Waals surface area (Å²) in [5.41, 5.74) is 8.68. The van der Waals surface area contributed by atoms with Gasteiger partial charge in [0.15, 0.2) is 0 Å². The third-order valence-corrected chi connectivity index (χ3v) is 3.53. The summed E-state index contributed by atoms with van der Waals surface area (Å²) in [4.78, 5) is 4.44. The molecule has 0 atom stereocenters. The normalized spacial score (nSPS) is 11.0. The molecule has 2 rings (SSSR count). The highest BCUT2D eigenvalue weighted by Gasteiger charge is 2.14. The van der Waals surface area contributed by atoms with Crippen LogP contribution in [0.15, 0.2) is 5.38 Å². The predicted octanol–water partition coefficient (Wildman–Crippen LogP) is 1.83. The van der Waals surface area contributed by atoms with Crippen molar-refractivity contribution in [1.29, 1.82) is 0 Å². The van der Waals surface area contributed by atoms with E-state index < -0.39 is 0 Å². The van der Waals surface area contributed by atoms with Crippen LogP contribution in [0.5, 0.6) is 0 Å². The molecule has 2 N–H and O–H groups in total. The molecular formula is C11H17N5S. The van der Waals surface area contributed by atoms with E-state index in [1.54, 1.807) is 11.3 Å². The first kappa shape index (κ1) is 12.2. The number of thiazole rings is 1. The highest BCUT2D eigenvalue weighted by atomic mass is 32.1. The molecule has 0 aliphatic carbocycles. The van der Waals surface area contributed by atoms with Gasteiger partial charge in [0.25, 0.3) is 0 Å². The maximum atomic E-state index is 5.69. The first-order valence-corrected chi connectivity index (χ1v) is 6.70. The molecule has 0 aromatic carbocycles. The average Bonchev–Trinajstić information content (AvgIpc) is 2.91. The van der Waals surface area contributed by atoms with E-state index in [2.05, 4.69) is 22.2 Å². The second-order valence-electron chi connectivity index (χ2n) is 3.97. The van der Waals surface area contributed by atoms with Crippen LogP contribution in [0.25, 0.3) is 5.13 Å². The van der Waals surface area contributed by atoms with Crippen LogP contribution >= 0.6 is 11.3 Å². The molecule has 0 aliphatic heterocycles. The van der Waals surface area contributed by atoms with Crippen LogP contribution in [0.1, 0.15) is 36.8 Å². The van der Waals surface area contributed by atoms with Gasteiger partial charge in [-0.3, -0.25) is 0 Å². The molecule has 0 saturated heterocycles. The van der Waals surface area contributed by atoms with Gasteiger partial charge in [0.05, 0.1) is 17.1 Å². The minimum absolute atomic E-state index is 0.434. The Kier molecular flexibility index (Phi) is 3.86. The van der Waals surface area contributed by atoms with Gasteiger partial charge in [0.1, 0.15) is 0 Å². The summed E-state index contributed by atoms with van der Waals surface area (Å²) >= 11 is 1.58. The lowest BCUT2D eigenvalue weighted by atomic mass is 10.1. The van der Waals surface area contributed by atoms with Crippen molar-refractivity contribution < 1.29 is 0 Å². The Bertz CT molecular complexity index is 488. The molecular weight excluding hydrogens is 234 g/mol. The Morgan fingerprint density at radius 1 is 1.47 bits per heavy atom. The summed E-state index contributed by atoms with van der Waals surface area (Å²) in [7, 11) is 0.